The molecule has 0 spiro atoms. The molecule has 1 N–H and O–H groups in total. The van der Waals surface area contributed by atoms with Gasteiger partial charge in [0.2, 0.25) is 0 Å². The molecule has 0 bridgehead atoms. The first-order valence-electron chi connectivity index (χ1n) is 6.95. The molecule has 0 radical (unpaired) electrons. The number of hydrogen-bond donors (Lipinski definition) is 1. The lowest BCUT2D eigenvalue weighted by molar-refractivity contribution is -0.145. The van der Waals surface area contributed by atoms with Gasteiger partial charge in [-0.25, -0.2) is 0 Å². The van der Waals surface area contributed by atoms with Crippen LogP contribution in [0.1, 0.15) is 46.5 Å². The lowest BCUT2D eigenvalue weighted by Gasteiger charge is -1.97. The van der Waals surface area contributed by atoms with Crippen LogP contribution in [0.15, 0.2) is 0 Å². The standard InChI is InChI=1S/C8H14O2.C6H12O/c1-3-6-5-7(6)8(9)10-4-2;1-2-5-3-6(5)4-7/h6-7H,3-5H2,1-2H3;5-7H,2-4H2,1H3/t6-,7-;5-,6+/m11/s1. The highest BCUT2D eigenvalue weighted by Gasteiger charge is 2.42. The third-order valence-electron chi connectivity index (χ3n) is 3.86. The van der Waals surface area contributed by atoms with Crippen molar-refractivity contribution in [1.29, 1.82) is 0 Å². The van der Waals surface area contributed by atoms with E-state index in [-0.39, 0.29) is 11.9 Å². The van der Waals surface area contributed by atoms with Crippen molar-refractivity contribution >= 4 is 5.97 Å². The first-order chi connectivity index (χ1) is 8.17. The number of aliphatic hydroxyl groups is 1. The van der Waals surface area contributed by atoms with E-state index < -0.39 is 0 Å². The van der Waals surface area contributed by atoms with Crippen LogP contribution in [-0.2, 0) is 9.53 Å². The van der Waals surface area contributed by atoms with E-state index in [1.807, 2.05) is 6.92 Å². The van der Waals surface area contributed by atoms with E-state index in [4.69, 9.17) is 9.84 Å². The van der Waals surface area contributed by atoms with Crippen LogP contribution in [0, 0.1) is 23.7 Å². The third-order valence-corrected chi connectivity index (χ3v) is 3.86. The Hall–Kier alpha value is -0.570. The molecule has 0 aliphatic heterocycles. The summed E-state index contributed by atoms with van der Waals surface area (Å²) in [5, 5.41) is 8.51. The molecule has 2 rings (SSSR count). The average Bonchev–Trinajstić information content (AvgIpc) is 3.23. The number of carbonyl (C=O) groups excluding carboxylic acids is 1. The van der Waals surface area contributed by atoms with E-state index in [0.29, 0.717) is 25.0 Å². The summed E-state index contributed by atoms with van der Waals surface area (Å²) in [7, 11) is 0. The number of esters is 1. The predicted molar refractivity (Wildman–Crippen MR) is 67.5 cm³/mol. The number of carbonyl (C=O) groups is 1. The lowest BCUT2D eigenvalue weighted by atomic mass is 10.2. The van der Waals surface area contributed by atoms with Gasteiger partial charge in [-0.05, 0) is 37.5 Å². The minimum Gasteiger partial charge on any atom is -0.466 e. The van der Waals surface area contributed by atoms with E-state index in [0.717, 1.165) is 18.8 Å². The fourth-order valence-electron chi connectivity index (χ4n) is 2.27. The Morgan fingerprint density at radius 2 is 1.76 bits per heavy atom. The van der Waals surface area contributed by atoms with Gasteiger partial charge in [-0.3, -0.25) is 4.79 Å². The SMILES string of the molecule is CCOC(=O)[C@@H]1C[C@H]1CC.CC[C@@H]1C[C@H]1CO. The topological polar surface area (TPSA) is 46.5 Å². The van der Waals surface area contributed by atoms with Crippen molar-refractivity contribution < 1.29 is 14.6 Å². The lowest BCUT2D eigenvalue weighted by Crippen LogP contribution is -2.07. The first kappa shape index (κ1) is 14.5. The van der Waals surface area contributed by atoms with Gasteiger partial charge in [0.05, 0.1) is 12.5 Å². The maximum atomic E-state index is 11.0. The third kappa shape index (κ3) is 4.66. The van der Waals surface area contributed by atoms with Gasteiger partial charge < -0.3 is 9.84 Å². The normalized spacial score (nSPS) is 33.4. The van der Waals surface area contributed by atoms with Gasteiger partial charge in [0.1, 0.15) is 0 Å². The van der Waals surface area contributed by atoms with E-state index in [1.165, 1.54) is 12.8 Å². The second-order valence-corrected chi connectivity index (χ2v) is 5.11. The van der Waals surface area contributed by atoms with Crippen LogP contribution in [-0.4, -0.2) is 24.3 Å². The Bertz CT molecular complexity index is 232. The molecule has 2 fully saturated rings. The molecular weight excluding hydrogens is 216 g/mol. The van der Waals surface area contributed by atoms with Crippen LogP contribution < -0.4 is 0 Å². The summed E-state index contributed by atoms with van der Waals surface area (Å²) in [5.74, 6) is 2.41. The second kappa shape index (κ2) is 7.00. The highest BCUT2D eigenvalue weighted by Crippen LogP contribution is 2.41. The molecule has 2 saturated carbocycles. The molecule has 0 unspecified atom stereocenters. The monoisotopic (exact) mass is 242 g/mol. The van der Waals surface area contributed by atoms with Gasteiger partial charge >= 0.3 is 5.97 Å². The Balaban J connectivity index is 0.000000181. The van der Waals surface area contributed by atoms with E-state index in [2.05, 4.69) is 13.8 Å². The molecule has 100 valence electrons. The van der Waals surface area contributed by atoms with Gasteiger partial charge in [0.25, 0.3) is 0 Å². The van der Waals surface area contributed by atoms with E-state index in [1.54, 1.807) is 0 Å². The van der Waals surface area contributed by atoms with Crippen LogP contribution in [0.3, 0.4) is 0 Å². The summed E-state index contributed by atoms with van der Waals surface area (Å²) in [5.41, 5.74) is 0. The highest BCUT2D eigenvalue weighted by molar-refractivity contribution is 5.75. The van der Waals surface area contributed by atoms with Crippen molar-refractivity contribution in [3.63, 3.8) is 0 Å². The summed E-state index contributed by atoms with van der Waals surface area (Å²) in [6, 6.07) is 0. The smallest absolute Gasteiger partial charge is 0.309 e. The molecule has 2 aliphatic rings. The van der Waals surface area contributed by atoms with Crippen LogP contribution in [0.4, 0.5) is 0 Å². The van der Waals surface area contributed by atoms with Crippen molar-refractivity contribution in [2.45, 2.75) is 46.5 Å². The molecule has 17 heavy (non-hydrogen) atoms. The Morgan fingerprint density at radius 3 is 2.06 bits per heavy atom. The van der Waals surface area contributed by atoms with Crippen molar-refractivity contribution in [2.75, 3.05) is 13.2 Å². The molecule has 2 aliphatic carbocycles. The molecule has 4 atom stereocenters. The number of rotatable bonds is 5. The minimum atomic E-state index is 0.00866. The Kier molecular flexibility index (Phi) is 5.96. The maximum absolute atomic E-state index is 11.0. The summed E-state index contributed by atoms with van der Waals surface area (Å²) in [4.78, 5) is 11.0. The van der Waals surface area contributed by atoms with Crippen molar-refractivity contribution in [3.8, 4) is 0 Å². The zero-order valence-corrected chi connectivity index (χ0v) is 11.3. The molecule has 0 saturated heterocycles. The van der Waals surface area contributed by atoms with Crippen LogP contribution >= 0.6 is 0 Å². The quantitative estimate of drug-likeness (QED) is 0.754. The number of hydrogen-bond acceptors (Lipinski definition) is 3. The van der Waals surface area contributed by atoms with Crippen LogP contribution in [0.2, 0.25) is 0 Å². The second-order valence-electron chi connectivity index (χ2n) is 5.11. The zero-order chi connectivity index (χ0) is 12.8. The van der Waals surface area contributed by atoms with Gasteiger partial charge in [-0.1, -0.05) is 26.7 Å². The molecule has 3 nitrogen and oxygen atoms in total. The molecule has 0 amide bonds. The van der Waals surface area contributed by atoms with E-state index in [9.17, 15) is 4.79 Å². The minimum absolute atomic E-state index is 0.00866. The molecule has 3 heteroatoms. The Morgan fingerprint density at radius 1 is 1.12 bits per heavy atom. The average molecular weight is 242 g/mol. The molecule has 0 aromatic rings. The Labute approximate surface area is 105 Å². The fourth-order valence-corrected chi connectivity index (χ4v) is 2.27. The van der Waals surface area contributed by atoms with Crippen molar-refractivity contribution in [1.82, 2.24) is 0 Å². The van der Waals surface area contributed by atoms with Crippen LogP contribution in [0.25, 0.3) is 0 Å². The predicted octanol–water partition coefficient (Wildman–Crippen LogP) is 2.62. The van der Waals surface area contributed by atoms with Gasteiger partial charge in [0.15, 0.2) is 0 Å². The molecule has 0 aromatic heterocycles. The van der Waals surface area contributed by atoms with Gasteiger partial charge in [-0.2, -0.15) is 0 Å². The summed E-state index contributed by atoms with van der Waals surface area (Å²) >= 11 is 0. The molecule has 0 aromatic carbocycles. The van der Waals surface area contributed by atoms with Gasteiger partial charge in [-0.15, -0.1) is 0 Å². The largest absolute Gasteiger partial charge is 0.466 e. The fraction of sp³-hybridized carbons (Fsp3) is 0.929. The van der Waals surface area contributed by atoms with Crippen LogP contribution in [0.5, 0.6) is 0 Å². The summed E-state index contributed by atoms with van der Waals surface area (Å²) in [6.07, 6.45) is 4.69. The van der Waals surface area contributed by atoms with Crippen molar-refractivity contribution in [2.24, 2.45) is 23.7 Å². The number of ether oxygens (including phenoxy) is 1. The molecule has 0 heterocycles. The maximum Gasteiger partial charge on any atom is 0.309 e. The van der Waals surface area contributed by atoms with Gasteiger partial charge in [0, 0.05) is 6.61 Å². The number of aliphatic hydroxyl groups excluding tert-OH is 1. The van der Waals surface area contributed by atoms with E-state index >= 15 is 0 Å². The highest BCUT2D eigenvalue weighted by atomic mass is 16.5. The zero-order valence-electron chi connectivity index (χ0n) is 11.3. The molecular formula is C14H26O3. The summed E-state index contributed by atoms with van der Waals surface area (Å²) in [6.45, 7) is 7.08. The summed E-state index contributed by atoms with van der Waals surface area (Å²) < 4.78 is 4.86. The van der Waals surface area contributed by atoms with Crippen molar-refractivity contribution in [3.05, 3.63) is 0 Å². The first-order valence-corrected chi connectivity index (χ1v) is 6.95.